The molecular formula is C9H3BrCl3N. The molecule has 0 fully saturated rings. The molecule has 1 nitrogen and oxygen atoms in total. The van der Waals surface area contributed by atoms with Crippen molar-refractivity contribution in [2.75, 3.05) is 0 Å². The SMILES string of the molecule is Clc1cc(Cl)c2ncc(Cl)c(Br)c2c1. The first-order valence-corrected chi connectivity index (χ1v) is 5.61. The molecule has 0 amide bonds. The van der Waals surface area contributed by atoms with E-state index in [1.165, 1.54) is 0 Å². The second kappa shape index (κ2) is 3.86. The van der Waals surface area contributed by atoms with Crippen LogP contribution in [0.4, 0.5) is 0 Å². The number of pyridine rings is 1. The summed E-state index contributed by atoms with van der Waals surface area (Å²) in [5.41, 5.74) is 0.687. The second-order valence-electron chi connectivity index (χ2n) is 2.70. The van der Waals surface area contributed by atoms with Crippen molar-refractivity contribution in [2.45, 2.75) is 0 Å². The highest BCUT2D eigenvalue weighted by molar-refractivity contribution is 9.10. The Morgan fingerprint density at radius 3 is 2.50 bits per heavy atom. The molecular weight excluding hydrogens is 308 g/mol. The molecule has 0 spiro atoms. The van der Waals surface area contributed by atoms with E-state index in [2.05, 4.69) is 20.9 Å². The van der Waals surface area contributed by atoms with Crippen molar-refractivity contribution in [3.8, 4) is 0 Å². The van der Waals surface area contributed by atoms with Gasteiger partial charge in [0.15, 0.2) is 0 Å². The molecule has 0 aliphatic heterocycles. The summed E-state index contributed by atoms with van der Waals surface area (Å²) in [7, 11) is 0. The molecule has 1 aromatic heterocycles. The lowest BCUT2D eigenvalue weighted by Crippen LogP contribution is -1.83. The minimum atomic E-state index is 0.518. The van der Waals surface area contributed by atoms with Gasteiger partial charge < -0.3 is 0 Å². The second-order valence-corrected chi connectivity index (χ2v) is 4.75. The largest absolute Gasteiger partial charge is 0.253 e. The van der Waals surface area contributed by atoms with Gasteiger partial charge in [0.2, 0.25) is 0 Å². The first kappa shape index (κ1) is 10.5. The first-order chi connectivity index (χ1) is 6.59. The highest BCUT2D eigenvalue weighted by Gasteiger charge is 2.08. The molecule has 0 atom stereocenters. The average Bonchev–Trinajstić information content (AvgIpc) is 2.12. The van der Waals surface area contributed by atoms with Gasteiger partial charge in [-0.15, -0.1) is 0 Å². The third-order valence-electron chi connectivity index (χ3n) is 1.78. The minimum absolute atomic E-state index is 0.518. The Morgan fingerprint density at radius 1 is 1.07 bits per heavy atom. The molecule has 1 heterocycles. The number of rotatable bonds is 0. The van der Waals surface area contributed by atoms with E-state index in [0.29, 0.717) is 20.6 Å². The summed E-state index contributed by atoms with van der Waals surface area (Å²) in [4.78, 5) is 4.13. The number of fused-ring (bicyclic) bond motifs is 1. The van der Waals surface area contributed by atoms with Gasteiger partial charge >= 0.3 is 0 Å². The molecule has 5 heteroatoms. The van der Waals surface area contributed by atoms with Gasteiger partial charge in [0.05, 0.1) is 15.6 Å². The van der Waals surface area contributed by atoms with Crippen molar-refractivity contribution in [1.29, 1.82) is 0 Å². The topological polar surface area (TPSA) is 12.9 Å². The summed E-state index contributed by atoms with van der Waals surface area (Å²) in [5.74, 6) is 0. The van der Waals surface area contributed by atoms with Crippen LogP contribution in [-0.2, 0) is 0 Å². The molecule has 0 radical (unpaired) electrons. The molecule has 0 aliphatic rings. The normalized spacial score (nSPS) is 10.9. The molecule has 0 saturated heterocycles. The Kier molecular flexibility index (Phi) is 2.89. The number of nitrogens with zero attached hydrogens (tertiary/aromatic N) is 1. The summed E-state index contributed by atoms with van der Waals surface area (Å²) < 4.78 is 0.758. The Labute approximate surface area is 104 Å². The lowest BCUT2D eigenvalue weighted by molar-refractivity contribution is 1.40. The number of benzene rings is 1. The van der Waals surface area contributed by atoms with Crippen LogP contribution in [0.5, 0.6) is 0 Å². The van der Waals surface area contributed by atoms with E-state index in [1.54, 1.807) is 18.3 Å². The molecule has 14 heavy (non-hydrogen) atoms. The van der Waals surface area contributed by atoms with Crippen LogP contribution in [0.2, 0.25) is 15.1 Å². The fourth-order valence-electron chi connectivity index (χ4n) is 1.17. The van der Waals surface area contributed by atoms with Crippen LogP contribution < -0.4 is 0 Å². The maximum Gasteiger partial charge on any atom is 0.0901 e. The number of aromatic nitrogens is 1. The van der Waals surface area contributed by atoms with Crippen molar-refractivity contribution < 1.29 is 0 Å². The zero-order chi connectivity index (χ0) is 10.3. The van der Waals surface area contributed by atoms with Gasteiger partial charge in [-0.1, -0.05) is 34.8 Å². The van der Waals surface area contributed by atoms with Crippen LogP contribution in [0.3, 0.4) is 0 Å². The molecule has 72 valence electrons. The molecule has 2 rings (SSSR count). The molecule has 1 aromatic carbocycles. The van der Waals surface area contributed by atoms with Gasteiger partial charge in [-0.2, -0.15) is 0 Å². The van der Waals surface area contributed by atoms with Crippen molar-refractivity contribution in [2.24, 2.45) is 0 Å². The number of hydrogen-bond donors (Lipinski definition) is 0. The Morgan fingerprint density at radius 2 is 1.79 bits per heavy atom. The quantitative estimate of drug-likeness (QED) is 0.670. The highest BCUT2D eigenvalue weighted by atomic mass is 79.9. The predicted molar refractivity (Wildman–Crippen MR) is 64.5 cm³/mol. The van der Waals surface area contributed by atoms with Crippen molar-refractivity contribution in [3.63, 3.8) is 0 Å². The van der Waals surface area contributed by atoms with Crippen LogP contribution in [0, 0.1) is 0 Å². The molecule has 2 aromatic rings. The van der Waals surface area contributed by atoms with Crippen molar-refractivity contribution >= 4 is 61.6 Å². The van der Waals surface area contributed by atoms with Gasteiger partial charge in [0.1, 0.15) is 0 Å². The summed E-state index contributed by atoms with van der Waals surface area (Å²) in [6, 6.07) is 3.42. The fraction of sp³-hybridized carbons (Fsp3) is 0. The minimum Gasteiger partial charge on any atom is -0.253 e. The number of hydrogen-bond acceptors (Lipinski definition) is 1. The summed E-state index contributed by atoms with van der Waals surface area (Å²) >= 11 is 21.1. The van der Waals surface area contributed by atoms with Crippen LogP contribution >= 0.6 is 50.7 Å². The standard InChI is InChI=1S/C9H3BrCl3N/c10-8-5-1-4(11)2-6(12)9(5)14-3-7(8)13/h1-3H. The van der Waals surface area contributed by atoms with Crippen LogP contribution in [0.15, 0.2) is 22.8 Å². The van der Waals surface area contributed by atoms with Gasteiger partial charge in [0, 0.05) is 21.1 Å². The molecule has 0 bridgehead atoms. The Balaban J connectivity index is 2.95. The van der Waals surface area contributed by atoms with E-state index in [9.17, 15) is 0 Å². The van der Waals surface area contributed by atoms with E-state index in [-0.39, 0.29) is 0 Å². The fourth-order valence-corrected chi connectivity index (χ4v) is 2.27. The molecule has 0 saturated carbocycles. The summed E-state index contributed by atoms with van der Waals surface area (Å²) in [6.07, 6.45) is 1.55. The summed E-state index contributed by atoms with van der Waals surface area (Å²) in [6.45, 7) is 0. The lowest BCUT2D eigenvalue weighted by atomic mass is 10.2. The Bertz CT molecular complexity index is 513. The Hall–Kier alpha value is -0.0200. The molecule has 0 unspecified atom stereocenters. The highest BCUT2D eigenvalue weighted by Crippen LogP contribution is 2.34. The maximum atomic E-state index is 5.98. The van der Waals surface area contributed by atoms with E-state index < -0.39 is 0 Å². The first-order valence-electron chi connectivity index (χ1n) is 3.68. The van der Waals surface area contributed by atoms with E-state index in [0.717, 1.165) is 9.86 Å². The van der Waals surface area contributed by atoms with E-state index >= 15 is 0 Å². The van der Waals surface area contributed by atoms with Gasteiger partial charge in [-0.05, 0) is 28.1 Å². The molecule has 0 aliphatic carbocycles. The van der Waals surface area contributed by atoms with Gasteiger partial charge in [0.25, 0.3) is 0 Å². The third-order valence-corrected chi connectivity index (χ3v) is 3.66. The van der Waals surface area contributed by atoms with Crippen molar-refractivity contribution in [3.05, 3.63) is 37.9 Å². The smallest absolute Gasteiger partial charge is 0.0901 e. The molecule has 0 N–H and O–H groups in total. The van der Waals surface area contributed by atoms with Crippen LogP contribution in [-0.4, -0.2) is 4.98 Å². The zero-order valence-corrected chi connectivity index (χ0v) is 10.5. The van der Waals surface area contributed by atoms with Crippen LogP contribution in [0.25, 0.3) is 10.9 Å². The predicted octanol–water partition coefficient (Wildman–Crippen LogP) is 4.96. The zero-order valence-electron chi connectivity index (χ0n) is 6.69. The maximum absolute atomic E-state index is 5.98. The number of halogens is 4. The average molecular weight is 311 g/mol. The monoisotopic (exact) mass is 309 g/mol. The van der Waals surface area contributed by atoms with E-state index in [1.807, 2.05) is 0 Å². The van der Waals surface area contributed by atoms with Crippen molar-refractivity contribution in [1.82, 2.24) is 4.98 Å². The lowest BCUT2D eigenvalue weighted by Gasteiger charge is -2.04. The van der Waals surface area contributed by atoms with Gasteiger partial charge in [-0.25, -0.2) is 0 Å². The van der Waals surface area contributed by atoms with E-state index in [4.69, 9.17) is 34.8 Å². The summed E-state index contributed by atoms with van der Waals surface area (Å²) in [5, 5.41) is 2.43. The van der Waals surface area contributed by atoms with Gasteiger partial charge in [-0.3, -0.25) is 4.98 Å². The van der Waals surface area contributed by atoms with Crippen LogP contribution in [0.1, 0.15) is 0 Å². The third kappa shape index (κ3) is 1.72.